The molecule has 166 valence electrons. The highest BCUT2D eigenvalue weighted by atomic mass is 32.2. The fourth-order valence-corrected chi connectivity index (χ4v) is 5.58. The number of hydrogen-bond donors (Lipinski definition) is 0. The molecule has 0 spiro atoms. The Morgan fingerprint density at radius 2 is 1.53 bits per heavy atom. The van der Waals surface area contributed by atoms with Crippen LogP contribution in [-0.4, -0.2) is 25.3 Å². The molecule has 1 aliphatic rings. The third kappa shape index (κ3) is 4.38. The van der Waals surface area contributed by atoms with Gasteiger partial charge in [0.2, 0.25) is 10.0 Å². The molecule has 0 radical (unpaired) electrons. The summed E-state index contributed by atoms with van der Waals surface area (Å²) in [6.45, 7) is 1.52. The van der Waals surface area contributed by atoms with Gasteiger partial charge in [-0.3, -0.25) is 0 Å². The number of sulfonamides is 1. The SMILES string of the molecule is Cc1ccc(S(=O)(=O)N2CC(c3ccccc3)/C(=C\CCc3ccccc3)C2(F)F)cc1. The molecule has 0 aliphatic carbocycles. The molecule has 1 saturated heterocycles. The molecule has 0 amide bonds. The van der Waals surface area contributed by atoms with Crippen LogP contribution in [0.4, 0.5) is 8.78 Å². The van der Waals surface area contributed by atoms with E-state index in [9.17, 15) is 8.42 Å². The normalized spacial score (nSPS) is 20.0. The highest BCUT2D eigenvalue weighted by Crippen LogP contribution is 2.48. The van der Waals surface area contributed by atoms with Gasteiger partial charge in [0.25, 0.3) is 0 Å². The second-order valence-electron chi connectivity index (χ2n) is 8.04. The van der Waals surface area contributed by atoms with Crippen LogP contribution in [0.2, 0.25) is 0 Å². The molecule has 0 bridgehead atoms. The smallest absolute Gasteiger partial charge is 0.207 e. The summed E-state index contributed by atoms with van der Waals surface area (Å²) in [5.41, 5.74) is 2.43. The maximum absolute atomic E-state index is 15.7. The van der Waals surface area contributed by atoms with E-state index in [2.05, 4.69) is 0 Å². The van der Waals surface area contributed by atoms with E-state index in [-0.39, 0.29) is 17.0 Å². The van der Waals surface area contributed by atoms with Crippen LogP contribution in [0, 0.1) is 6.92 Å². The summed E-state index contributed by atoms with van der Waals surface area (Å²) in [5, 5.41) is 0. The van der Waals surface area contributed by atoms with E-state index in [0.717, 1.165) is 11.1 Å². The van der Waals surface area contributed by atoms with E-state index in [1.165, 1.54) is 18.2 Å². The molecule has 6 heteroatoms. The molecule has 32 heavy (non-hydrogen) atoms. The second kappa shape index (κ2) is 8.96. The lowest BCUT2D eigenvalue weighted by atomic mass is 9.92. The number of rotatable bonds is 6. The Morgan fingerprint density at radius 1 is 0.938 bits per heavy atom. The molecule has 3 nitrogen and oxygen atoms in total. The Bertz CT molecular complexity index is 1190. The molecule has 4 rings (SSSR count). The molecule has 0 saturated carbocycles. The fraction of sp³-hybridized carbons (Fsp3) is 0.231. The summed E-state index contributed by atoms with van der Waals surface area (Å²) in [5.74, 6) is -0.706. The minimum absolute atomic E-state index is 0.125. The molecule has 0 N–H and O–H groups in total. The lowest BCUT2D eigenvalue weighted by Crippen LogP contribution is -2.41. The summed E-state index contributed by atoms with van der Waals surface area (Å²) >= 11 is 0. The zero-order valence-corrected chi connectivity index (χ0v) is 18.6. The zero-order chi connectivity index (χ0) is 22.8. The van der Waals surface area contributed by atoms with Crippen LogP contribution in [0.3, 0.4) is 0 Å². The summed E-state index contributed by atoms with van der Waals surface area (Å²) in [6.07, 6.45) is 2.53. The van der Waals surface area contributed by atoms with Crippen molar-refractivity contribution in [2.24, 2.45) is 0 Å². The van der Waals surface area contributed by atoms with Crippen LogP contribution in [0.15, 0.2) is 101 Å². The molecule has 1 aliphatic heterocycles. The first kappa shape index (κ1) is 22.4. The minimum Gasteiger partial charge on any atom is -0.207 e. The van der Waals surface area contributed by atoms with Crippen LogP contribution in [0.5, 0.6) is 0 Å². The summed E-state index contributed by atoms with van der Waals surface area (Å²) in [6, 6.07) is 21.0. The van der Waals surface area contributed by atoms with Crippen LogP contribution < -0.4 is 0 Å². The van der Waals surface area contributed by atoms with Crippen molar-refractivity contribution in [1.29, 1.82) is 0 Å². The van der Waals surface area contributed by atoms with Crippen molar-refractivity contribution < 1.29 is 17.2 Å². The number of halogens is 2. The molecular formula is C26H25F2NO2S. The molecule has 1 atom stereocenters. The van der Waals surface area contributed by atoms with Crippen molar-refractivity contribution in [3.63, 3.8) is 0 Å². The van der Waals surface area contributed by atoms with E-state index >= 15 is 8.78 Å². The standard InChI is InChI=1S/C26H25F2NO2S/c1-20-15-17-23(18-16-20)32(30,31)29-19-24(22-12-6-3-7-13-22)25(26(29,27)28)14-8-11-21-9-4-2-5-10-21/h2-7,9-10,12-18,24H,8,11,19H2,1H3/b25-14+. The first-order chi connectivity index (χ1) is 15.3. The number of nitrogens with zero attached hydrogens (tertiary/aromatic N) is 1. The van der Waals surface area contributed by atoms with Gasteiger partial charge in [0.15, 0.2) is 0 Å². The second-order valence-corrected chi connectivity index (χ2v) is 9.90. The van der Waals surface area contributed by atoms with Gasteiger partial charge in [0.1, 0.15) is 0 Å². The van der Waals surface area contributed by atoms with Crippen molar-refractivity contribution in [3.05, 3.63) is 113 Å². The molecule has 3 aromatic rings. The largest absolute Gasteiger partial charge is 0.341 e. The van der Waals surface area contributed by atoms with Crippen LogP contribution in [0.25, 0.3) is 0 Å². The van der Waals surface area contributed by atoms with Crippen molar-refractivity contribution >= 4 is 10.0 Å². The van der Waals surface area contributed by atoms with Crippen molar-refractivity contribution in [2.75, 3.05) is 6.54 Å². The number of aryl methyl sites for hydroxylation is 2. The molecule has 1 unspecified atom stereocenters. The van der Waals surface area contributed by atoms with Gasteiger partial charge in [0.05, 0.1) is 4.90 Å². The third-order valence-corrected chi connectivity index (χ3v) is 7.66. The highest BCUT2D eigenvalue weighted by Gasteiger charge is 2.57. The Morgan fingerprint density at radius 3 is 2.16 bits per heavy atom. The van der Waals surface area contributed by atoms with Crippen molar-refractivity contribution in [3.8, 4) is 0 Å². The van der Waals surface area contributed by atoms with Gasteiger partial charge in [0, 0.05) is 18.0 Å². The maximum Gasteiger partial charge on any atom is 0.341 e. The first-order valence-electron chi connectivity index (χ1n) is 10.6. The Balaban J connectivity index is 1.70. The number of hydrogen-bond acceptors (Lipinski definition) is 2. The topological polar surface area (TPSA) is 37.4 Å². The Kier molecular flexibility index (Phi) is 6.26. The zero-order valence-electron chi connectivity index (χ0n) is 17.8. The highest BCUT2D eigenvalue weighted by molar-refractivity contribution is 7.89. The minimum atomic E-state index is -4.37. The fourth-order valence-electron chi connectivity index (χ4n) is 4.09. The summed E-state index contributed by atoms with van der Waals surface area (Å²) in [4.78, 5) is -0.125. The van der Waals surface area contributed by atoms with Crippen molar-refractivity contribution in [2.45, 2.75) is 36.6 Å². The maximum atomic E-state index is 15.7. The average molecular weight is 454 g/mol. The monoisotopic (exact) mass is 453 g/mol. The van der Waals surface area contributed by atoms with Gasteiger partial charge in [-0.15, -0.1) is 4.31 Å². The van der Waals surface area contributed by atoms with E-state index in [1.54, 1.807) is 36.4 Å². The van der Waals surface area contributed by atoms with Gasteiger partial charge >= 0.3 is 6.05 Å². The van der Waals surface area contributed by atoms with Gasteiger partial charge in [-0.2, -0.15) is 8.78 Å². The lowest BCUT2D eigenvalue weighted by molar-refractivity contribution is -0.0411. The van der Waals surface area contributed by atoms with E-state index in [4.69, 9.17) is 0 Å². The van der Waals surface area contributed by atoms with Crippen molar-refractivity contribution in [1.82, 2.24) is 4.31 Å². The Labute approximate surface area is 188 Å². The van der Waals surface area contributed by atoms with E-state index in [0.29, 0.717) is 22.7 Å². The van der Waals surface area contributed by atoms with Crippen LogP contribution >= 0.6 is 0 Å². The molecule has 0 aromatic heterocycles. The van der Waals surface area contributed by atoms with Gasteiger partial charge in [-0.05, 0) is 43.0 Å². The first-order valence-corrected chi connectivity index (χ1v) is 12.0. The summed E-state index contributed by atoms with van der Waals surface area (Å²) in [7, 11) is -4.37. The quantitative estimate of drug-likeness (QED) is 0.342. The number of allylic oxidation sites excluding steroid dienone is 1. The van der Waals surface area contributed by atoms with Gasteiger partial charge < -0.3 is 0 Å². The van der Waals surface area contributed by atoms with Crippen LogP contribution in [0.1, 0.15) is 29.0 Å². The van der Waals surface area contributed by atoms with Crippen LogP contribution in [-0.2, 0) is 16.4 Å². The molecule has 1 fully saturated rings. The third-order valence-electron chi connectivity index (χ3n) is 5.84. The molecule has 3 aromatic carbocycles. The molecular weight excluding hydrogens is 428 g/mol. The Hall–Kier alpha value is -2.83. The molecule has 1 heterocycles. The van der Waals surface area contributed by atoms with Gasteiger partial charge in [-0.25, -0.2) is 8.42 Å². The van der Waals surface area contributed by atoms with E-state index < -0.39 is 22.0 Å². The predicted octanol–water partition coefficient (Wildman–Crippen LogP) is 5.94. The summed E-state index contributed by atoms with van der Waals surface area (Å²) < 4.78 is 58.1. The van der Waals surface area contributed by atoms with E-state index in [1.807, 2.05) is 43.3 Å². The van der Waals surface area contributed by atoms with Gasteiger partial charge in [-0.1, -0.05) is 84.4 Å². The lowest BCUT2D eigenvalue weighted by Gasteiger charge is -2.24. The number of alkyl halides is 2. The predicted molar refractivity (Wildman–Crippen MR) is 122 cm³/mol. The number of benzene rings is 3. The average Bonchev–Trinajstić information content (AvgIpc) is 3.06.